The van der Waals surface area contributed by atoms with Crippen molar-refractivity contribution >= 4 is 5.57 Å². The molecule has 0 spiro atoms. The van der Waals surface area contributed by atoms with Crippen LogP contribution in [0.4, 0.5) is 0 Å². The van der Waals surface area contributed by atoms with E-state index in [9.17, 15) is 0 Å². The van der Waals surface area contributed by atoms with E-state index in [0.29, 0.717) is 0 Å². The number of allylic oxidation sites excluding steroid dienone is 5. The van der Waals surface area contributed by atoms with Crippen LogP contribution in [0.15, 0.2) is 61.2 Å². The number of hydrogen-bond donors (Lipinski definition) is 0. The molecule has 0 heterocycles. The molecule has 0 nitrogen and oxygen atoms in total. The molecule has 0 aromatic heterocycles. The van der Waals surface area contributed by atoms with Gasteiger partial charge in [-0.1, -0.05) is 82.0 Å². The highest BCUT2D eigenvalue weighted by molar-refractivity contribution is 5.74. The molecule has 0 aliphatic heterocycles. The van der Waals surface area contributed by atoms with Gasteiger partial charge in [0.05, 0.1) is 0 Å². The summed E-state index contributed by atoms with van der Waals surface area (Å²) in [6, 6.07) is 10.3. The molecule has 1 aromatic carbocycles. The van der Waals surface area contributed by atoms with Crippen LogP contribution in [0, 0.1) is 0 Å². The normalized spacial score (nSPS) is 10.8. The molecule has 16 heavy (non-hydrogen) atoms. The summed E-state index contributed by atoms with van der Waals surface area (Å²) < 4.78 is 0. The summed E-state index contributed by atoms with van der Waals surface area (Å²) in [5, 5.41) is 0. The lowest BCUT2D eigenvalue weighted by atomic mass is 10.1. The molecule has 0 atom stereocenters. The predicted octanol–water partition coefficient (Wildman–Crippen LogP) is 5.25. The van der Waals surface area contributed by atoms with E-state index in [1.807, 2.05) is 38.1 Å². The zero-order valence-electron chi connectivity index (χ0n) is 10.6. The summed E-state index contributed by atoms with van der Waals surface area (Å²) in [4.78, 5) is 0. The Morgan fingerprint density at radius 1 is 1.19 bits per heavy atom. The third-order valence-electron chi connectivity index (χ3n) is 1.97. The van der Waals surface area contributed by atoms with E-state index >= 15 is 0 Å². The molecule has 0 aliphatic rings. The van der Waals surface area contributed by atoms with Gasteiger partial charge in [-0.05, 0) is 17.6 Å². The van der Waals surface area contributed by atoms with Crippen LogP contribution in [-0.2, 0) is 0 Å². The van der Waals surface area contributed by atoms with Crippen LogP contribution < -0.4 is 0 Å². The van der Waals surface area contributed by atoms with Gasteiger partial charge in [-0.25, -0.2) is 0 Å². The van der Waals surface area contributed by atoms with E-state index in [0.717, 1.165) is 12.0 Å². The fourth-order valence-corrected chi connectivity index (χ4v) is 1.22. The predicted molar refractivity (Wildman–Crippen MR) is 75.4 cm³/mol. The molecule has 0 bridgehead atoms. The summed E-state index contributed by atoms with van der Waals surface area (Å²) >= 11 is 0. The second-order valence-electron chi connectivity index (χ2n) is 3.03. The maximum absolute atomic E-state index is 3.81. The smallest absolute Gasteiger partial charge is 0.0184 e. The third-order valence-corrected chi connectivity index (χ3v) is 1.97. The Hall–Kier alpha value is -1.56. The van der Waals surface area contributed by atoms with Gasteiger partial charge in [-0.2, -0.15) is 0 Å². The second kappa shape index (κ2) is 9.97. The van der Waals surface area contributed by atoms with Gasteiger partial charge < -0.3 is 0 Å². The average molecular weight is 214 g/mol. The Kier molecular flexibility index (Phi) is 9.00. The minimum absolute atomic E-state index is 1.07. The standard InChI is InChI=1S/C14H16.C2H6/c1-3-5-7-10-13(4-2)14-11-8-6-9-12-14;1-2/h4-12H,2-3H2,1H3;1-2H3/b7-5-,13-10+;. The van der Waals surface area contributed by atoms with Crippen molar-refractivity contribution in [3.8, 4) is 0 Å². The summed E-state index contributed by atoms with van der Waals surface area (Å²) in [7, 11) is 0. The number of benzene rings is 1. The Balaban J connectivity index is 0.00000106. The van der Waals surface area contributed by atoms with Crippen LogP contribution in [0.2, 0.25) is 0 Å². The Morgan fingerprint density at radius 3 is 2.31 bits per heavy atom. The van der Waals surface area contributed by atoms with E-state index in [1.54, 1.807) is 0 Å². The summed E-state index contributed by atoms with van der Waals surface area (Å²) in [6.45, 7) is 9.94. The van der Waals surface area contributed by atoms with Gasteiger partial charge >= 0.3 is 0 Å². The fraction of sp³-hybridized carbons (Fsp3) is 0.250. The molecule has 0 fully saturated rings. The van der Waals surface area contributed by atoms with Gasteiger partial charge in [0.2, 0.25) is 0 Å². The van der Waals surface area contributed by atoms with Gasteiger partial charge in [0.25, 0.3) is 0 Å². The number of hydrogen-bond acceptors (Lipinski definition) is 0. The lowest BCUT2D eigenvalue weighted by Gasteiger charge is -1.99. The molecule has 0 heteroatoms. The second-order valence-corrected chi connectivity index (χ2v) is 3.03. The zero-order valence-corrected chi connectivity index (χ0v) is 10.6. The maximum Gasteiger partial charge on any atom is -0.0184 e. The summed E-state index contributed by atoms with van der Waals surface area (Å²) in [5.41, 5.74) is 2.37. The Labute approximate surface area is 100 Å². The van der Waals surface area contributed by atoms with Gasteiger partial charge in [-0.3, -0.25) is 0 Å². The van der Waals surface area contributed by atoms with E-state index in [1.165, 1.54) is 5.56 Å². The van der Waals surface area contributed by atoms with Gasteiger partial charge in [0.15, 0.2) is 0 Å². The minimum Gasteiger partial charge on any atom is -0.0984 e. The first kappa shape index (κ1) is 14.4. The van der Waals surface area contributed by atoms with Gasteiger partial charge in [0.1, 0.15) is 0 Å². The van der Waals surface area contributed by atoms with Crippen molar-refractivity contribution in [2.24, 2.45) is 0 Å². The van der Waals surface area contributed by atoms with E-state index in [2.05, 4.69) is 43.9 Å². The van der Waals surface area contributed by atoms with Crippen molar-refractivity contribution in [3.63, 3.8) is 0 Å². The fourth-order valence-electron chi connectivity index (χ4n) is 1.22. The monoisotopic (exact) mass is 214 g/mol. The first-order valence-corrected chi connectivity index (χ1v) is 5.93. The molecule has 0 radical (unpaired) electrons. The van der Waals surface area contributed by atoms with Crippen molar-refractivity contribution < 1.29 is 0 Å². The van der Waals surface area contributed by atoms with Gasteiger partial charge in [-0.15, -0.1) is 0 Å². The van der Waals surface area contributed by atoms with Crippen LogP contribution >= 0.6 is 0 Å². The summed E-state index contributed by atoms with van der Waals surface area (Å²) in [5.74, 6) is 0. The largest absolute Gasteiger partial charge is 0.0984 e. The lowest BCUT2D eigenvalue weighted by Crippen LogP contribution is -1.77. The molecule has 0 saturated heterocycles. The lowest BCUT2D eigenvalue weighted by molar-refractivity contribution is 1.22. The molecule has 86 valence electrons. The van der Waals surface area contributed by atoms with Crippen molar-refractivity contribution in [1.29, 1.82) is 0 Å². The molecule has 1 aromatic rings. The molecule has 0 saturated carbocycles. The van der Waals surface area contributed by atoms with Crippen molar-refractivity contribution in [3.05, 3.63) is 66.8 Å². The van der Waals surface area contributed by atoms with Crippen LogP contribution in [0.3, 0.4) is 0 Å². The van der Waals surface area contributed by atoms with Crippen LogP contribution in [0.1, 0.15) is 32.8 Å². The van der Waals surface area contributed by atoms with E-state index in [-0.39, 0.29) is 0 Å². The highest BCUT2D eigenvalue weighted by Crippen LogP contribution is 2.14. The van der Waals surface area contributed by atoms with Crippen molar-refractivity contribution in [1.82, 2.24) is 0 Å². The zero-order chi connectivity index (χ0) is 12.2. The maximum atomic E-state index is 3.81. The summed E-state index contributed by atoms with van der Waals surface area (Å²) in [6.07, 6.45) is 9.24. The first-order chi connectivity index (χ1) is 7.88. The van der Waals surface area contributed by atoms with Gasteiger partial charge in [0, 0.05) is 0 Å². The molecule has 1 rings (SSSR count). The molecule has 0 amide bonds. The molecule has 0 unspecified atom stereocenters. The van der Waals surface area contributed by atoms with Crippen LogP contribution in [0.25, 0.3) is 5.57 Å². The number of rotatable bonds is 4. The third kappa shape index (κ3) is 5.35. The van der Waals surface area contributed by atoms with E-state index in [4.69, 9.17) is 0 Å². The van der Waals surface area contributed by atoms with E-state index < -0.39 is 0 Å². The van der Waals surface area contributed by atoms with Crippen LogP contribution in [0.5, 0.6) is 0 Å². The highest BCUT2D eigenvalue weighted by Gasteiger charge is 1.92. The van der Waals surface area contributed by atoms with Crippen molar-refractivity contribution in [2.75, 3.05) is 0 Å². The SMILES string of the molecule is C=C/C(=C\C=C/CC)c1ccccc1.CC. The van der Waals surface area contributed by atoms with Crippen molar-refractivity contribution in [2.45, 2.75) is 27.2 Å². The quantitative estimate of drug-likeness (QED) is 0.601. The molecular formula is C16H22. The Morgan fingerprint density at radius 2 is 1.81 bits per heavy atom. The molecule has 0 N–H and O–H groups in total. The van der Waals surface area contributed by atoms with Crippen LogP contribution in [-0.4, -0.2) is 0 Å². The highest BCUT2D eigenvalue weighted by atomic mass is 14.0. The molecule has 0 aliphatic carbocycles. The topological polar surface area (TPSA) is 0 Å². The Bertz CT molecular complexity index is 328. The average Bonchev–Trinajstić information content (AvgIpc) is 2.38. The minimum atomic E-state index is 1.07. The molecular weight excluding hydrogens is 192 g/mol. The first-order valence-electron chi connectivity index (χ1n) is 5.93.